The third-order valence-corrected chi connectivity index (χ3v) is 4.39. The van der Waals surface area contributed by atoms with E-state index in [2.05, 4.69) is 26.8 Å². The minimum atomic E-state index is 0.578. The lowest BCUT2D eigenvalue weighted by molar-refractivity contribution is 0.921. The largest absolute Gasteiger partial charge is 0.363 e. The summed E-state index contributed by atoms with van der Waals surface area (Å²) in [5, 5.41) is 12.7. The van der Waals surface area contributed by atoms with Crippen molar-refractivity contribution in [1.82, 2.24) is 19.6 Å². The zero-order valence-electron chi connectivity index (χ0n) is 13.2. The second-order valence-electron chi connectivity index (χ2n) is 5.52. The van der Waals surface area contributed by atoms with E-state index in [0.717, 1.165) is 39.5 Å². The third-order valence-electron chi connectivity index (χ3n) is 4.02. The minimum Gasteiger partial charge on any atom is -0.363 e. The van der Waals surface area contributed by atoms with Gasteiger partial charge in [0.05, 0.1) is 11.0 Å². The second-order valence-corrected chi connectivity index (χ2v) is 5.93. The summed E-state index contributed by atoms with van der Waals surface area (Å²) in [6.07, 6.45) is 0.805. The molecule has 2 aromatic carbocycles. The molecule has 0 unspecified atom stereocenters. The van der Waals surface area contributed by atoms with Crippen molar-refractivity contribution in [3.8, 4) is 0 Å². The molecule has 4 rings (SSSR count). The highest BCUT2D eigenvalue weighted by atomic mass is 35.5. The Hall–Kier alpha value is -2.66. The number of benzene rings is 2. The van der Waals surface area contributed by atoms with E-state index in [0.29, 0.717) is 12.4 Å². The summed E-state index contributed by atoms with van der Waals surface area (Å²) < 4.78 is 2.07. The molecule has 0 radical (unpaired) electrons. The number of rotatable bonds is 4. The molecule has 0 aliphatic heterocycles. The second kappa shape index (κ2) is 6.09. The van der Waals surface area contributed by atoms with Gasteiger partial charge in [-0.15, -0.1) is 10.2 Å². The molecule has 2 heterocycles. The van der Waals surface area contributed by atoms with Crippen LogP contribution in [0.1, 0.15) is 18.3 Å². The van der Waals surface area contributed by atoms with E-state index in [4.69, 9.17) is 16.6 Å². The number of aromatic nitrogens is 4. The van der Waals surface area contributed by atoms with Crippen LogP contribution < -0.4 is 5.32 Å². The lowest BCUT2D eigenvalue weighted by Crippen LogP contribution is -2.06. The molecule has 120 valence electrons. The molecule has 24 heavy (non-hydrogen) atoms. The first-order chi connectivity index (χ1) is 11.8. The van der Waals surface area contributed by atoms with Gasteiger partial charge in [-0.05, 0) is 23.8 Å². The quantitative estimate of drug-likeness (QED) is 0.609. The van der Waals surface area contributed by atoms with Crippen LogP contribution in [0.2, 0.25) is 5.02 Å². The fourth-order valence-corrected chi connectivity index (χ4v) is 3.01. The highest BCUT2D eigenvalue weighted by Crippen LogP contribution is 2.23. The van der Waals surface area contributed by atoms with Crippen LogP contribution in [-0.4, -0.2) is 19.6 Å². The molecular formula is C18H16ClN5. The van der Waals surface area contributed by atoms with Crippen LogP contribution in [0.3, 0.4) is 0 Å². The molecular weight excluding hydrogens is 322 g/mol. The summed E-state index contributed by atoms with van der Waals surface area (Å²) in [5.74, 6) is 1.63. The Kier molecular flexibility index (Phi) is 3.78. The van der Waals surface area contributed by atoms with Crippen molar-refractivity contribution >= 4 is 34.1 Å². The van der Waals surface area contributed by atoms with Gasteiger partial charge in [0, 0.05) is 18.0 Å². The number of fused-ring (bicyclic) bond motifs is 3. The minimum absolute atomic E-state index is 0.578. The first-order valence-corrected chi connectivity index (χ1v) is 8.25. The van der Waals surface area contributed by atoms with E-state index in [1.807, 2.05) is 48.5 Å². The lowest BCUT2D eigenvalue weighted by Gasteiger charge is -2.10. The summed E-state index contributed by atoms with van der Waals surface area (Å²) in [5.41, 5.74) is 3.67. The smallest absolute Gasteiger partial charge is 0.204 e. The van der Waals surface area contributed by atoms with E-state index in [9.17, 15) is 0 Å². The monoisotopic (exact) mass is 337 g/mol. The molecule has 1 N–H and O–H groups in total. The molecule has 6 heteroatoms. The molecule has 2 aromatic heterocycles. The van der Waals surface area contributed by atoms with Crippen molar-refractivity contribution in [1.29, 1.82) is 0 Å². The van der Waals surface area contributed by atoms with Crippen LogP contribution in [0.5, 0.6) is 0 Å². The van der Waals surface area contributed by atoms with Crippen molar-refractivity contribution in [3.05, 3.63) is 64.9 Å². The highest BCUT2D eigenvalue weighted by molar-refractivity contribution is 6.31. The van der Waals surface area contributed by atoms with Crippen molar-refractivity contribution in [3.63, 3.8) is 0 Å². The third kappa shape index (κ3) is 2.47. The molecule has 0 amide bonds. The topological polar surface area (TPSA) is 55.1 Å². The van der Waals surface area contributed by atoms with Gasteiger partial charge >= 0.3 is 0 Å². The normalized spacial score (nSPS) is 11.2. The predicted octanol–water partition coefficient (Wildman–Crippen LogP) is 4.11. The maximum atomic E-state index is 6.24. The van der Waals surface area contributed by atoms with Crippen LogP contribution in [-0.2, 0) is 13.0 Å². The Balaban J connectivity index is 1.82. The summed E-state index contributed by atoms with van der Waals surface area (Å²) >= 11 is 6.24. The van der Waals surface area contributed by atoms with Gasteiger partial charge in [0.15, 0.2) is 5.82 Å². The van der Waals surface area contributed by atoms with Crippen LogP contribution in [0.4, 0.5) is 5.82 Å². The summed E-state index contributed by atoms with van der Waals surface area (Å²) in [6, 6.07) is 15.8. The Morgan fingerprint density at radius 3 is 2.67 bits per heavy atom. The van der Waals surface area contributed by atoms with Gasteiger partial charge in [-0.3, -0.25) is 4.40 Å². The van der Waals surface area contributed by atoms with Crippen LogP contribution in [0, 0.1) is 0 Å². The van der Waals surface area contributed by atoms with Crippen molar-refractivity contribution in [2.45, 2.75) is 19.9 Å². The maximum Gasteiger partial charge on any atom is 0.204 e. The number of halogens is 1. The molecule has 0 saturated carbocycles. The first-order valence-electron chi connectivity index (χ1n) is 7.88. The van der Waals surface area contributed by atoms with Crippen molar-refractivity contribution < 1.29 is 0 Å². The lowest BCUT2D eigenvalue weighted by atomic mass is 10.2. The van der Waals surface area contributed by atoms with Gasteiger partial charge in [0.25, 0.3) is 0 Å². The molecule has 0 fully saturated rings. The average molecular weight is 338 g/mol. The molecule has 0 aliphatic rings. The number of nitrogens with one attached hydrogen (secondary N) is 1. The maximum absolute atomic E-state index is 6.24. The van der Waals surface area contributed by atoms with E-state index in [1.165, 1.54) is 0 Å². The SMILES string of the molecule is CCc1nnc2c(NCc3ccccc3Cl)nc3ccccc3n12. The average Bonchev–Trinajstić information content (AvgIpc) is 3.05. The van der Waals surface area contributed by atoms with E-state index in [-0.39, 0.29) is 0 Å². The summed E-state index contributed by atoms with van der Waals surface area (Å²) in [6.45, 7) is 2.65. The summed E-state index contributed by atoms with van der Waals surface area (Å²) in [4.78, 5) is 4.72. The molecule has 0 atom stereocenters. The molecule has 0 bridgehead atoms. The Bertz CT molecular complexity index is 1020. The van der Waals surface area contributed by atoms with Gasteiger partial charge in [-0.25, -0.2) is 4.98 Å². The Morgan fingerprint density at radius 1 is 1.04 bits per heavy atom. The number of aryl methyl sites for hydroxylation is 1. The zero-order chi connectivity index (χ0) is 16.5. The Labute approximate surface area is 144 Å². The standard InChI is InChI=1S/C18H16ClN5/c1-2-16-22-23-18-17(20-11-12-7-3-4-8-13(12)19)21-14-9-5-6-10-15(14)24(16)18/h3-10H,2,11H2,1H3,(H,20,21). The van der Waals surface area contributed by atoms with Crippen LogP contribution >= 0.6 is 11.6 Å². The van der Waals surface area contributed by atoms with Gasteiger partial charge in [-0.1, -0.05) is 48.9 Å². The number of para-hydroxylation sites is 2. The summed E-state index contributed by atoms with van der Waals surface area (Å²) in [7, 11) is 0. The first kappa shape index (κ1) is 14.9. The Morgan fingerprint density at radius 2 is 1.83 bits per heavy atom. The van der Waals surface area contributed by atoms with Crippen LogP contribution in [0.15, 0.2) is 48.5 Å². The molecule has 0 saturated heterocycles. The fourth-order valence-electron chi connectivity index (χ4n) is 2.81. The number of hydrogen-bond donors (Lipinski definition) is 1. The molecule has 0 aliphatic carbocycles. The number of anilines is 1. The van der Waals surface area contributed by atoms with Crippen LogP contribution in [0.25, 0.3) is 16.7 Å². The van der Waals surface area contributed by atoms with E-state index >= 15 is 0 Å². The fraction of sp³-hybridized carbons (Fsp3) is 0.167. The van der Waals surface area contributed by atoms with Gasteiger partial charge < -0.3 is 5.32 Å². The van der Waals surface area contributed by atoms with E-state index < -0.39 is 0 Å². The number of hydrogen-bond acceptors (Lipinski definition) is 4. The van der Waals surface area contributed by atoms with Crippen molar-refractivity contribution in [2.24, 2.45) is 0 Å². The van der Waals surface area contributed by atoms with E-state index in [1.54, 1.807) is 0 Å². The molecule has 0 spiro atoms. The van der Waals surface area contributed by atoms with Gasteiger partial charge in [-0.2, -0.15) is 0 Å². The van der Waals surface area contributed by atoms with Crippen molar-refractivity contribution in [2.75, 3.05) is 5.32 Å². The van der Waals surface area contributed by atoms with Gasteiger partial charge in [0.2, 0.25) is 5.65 Å². The zero-order valence-corrected chi connectivity index (χ0v) is 14.0. The molecule has 5 nitrogen and oxygen atoms in total. The molecule has 4 aromatic rings. The highest BCUT2D eigenvalue weighted by Gasteiger charge is 2.14. The number of nitrogens with zero attached hydrogens (tertiary/aromatic N) is 4. The van der Waals surface area contributed by atoms with Gasteiger partial charge in [0.1, 0.15) is 5.82 Å². The predicted molar refractivity (Wildman–Crippen MR) is 96.4 cm³/mol.